The van der Waals surface area contributed by atoms with Crippen LogP contribution in [0.5, 0.6) is 0 Å². The summed E-state index contributed by atoms with van der Waals surface area (Å²) in [4.78, 5) is 14.3. The summed E-state index contributed by atoms with van der Waals surface area (Å²) < 4.78 is 53.2. The SMILES string of the molecule is CN1CCN(S(=O)(=O)c2ccc(NC(=O)c3cc(F)cc(F)c3)cc2)CC1. The summed E-state index contributed by atoms with van der Waals surface area (Å²) in [5.74, 6) is -2.40. The predicted molar refractivity (Wildman–Crippen MR) is 97.0 cm³/mol. The zero-order chi connectivity index (χ0) is 19.6. The molecule has 9 heteroatoms. The molecule has 0 unspecified atom stereocenters. The highest BCUT2D eigenvalue weighted by molar-refractivity contribution is 7.89. The molecule has 0 aromatic heterocycles. The smallest absolute Gasteiger partial charge is 0.255 e. The van der Waals surface area contributed by atoms with Crippen molar-refractivity contribution >= 4 is 21.6 Å². The largest absolute Gasteiger partial charge is 0.322 e. The number of halogens is 2. The fraction of sp³-hybridized carbons (Fsp3) is 0.278. The van der Waals surface area contributed by atoms with Crippen molar-refractivity contribution in [1.29, 1.82) is 0 Å². The number of benzene rings is 2. The minimum Gasteiger partial charge on any atom is -0.322 e. The monoisotopic (exact) mass is 395 g/mol. The molecule has 0 atom stereocenters. The first-order valence-electron chi connectivity index (χ1n) is 8.32. The van der Waals surface area contributed by atoms with Crippen LogP contribution in [0.1, 0.15) is 10.4 Å². The summed E-state index contributed by atoms with van der Waals surface area (Å²) in [5, 5.41) is 2.49. The minimum absolute atomic E-state index is 0.127. The molecule has 1 fully saturated rings. The maximum Gasteiger partial charge on any atom is 0.255 e. The van der Waals surface area contributed by atoms with E-state index < -0.39 is 27.6 Å². The number of piperazine rings is 1. The standard InChI is InChI=1S/C18H19F2N3O3S/c1-22-6-8-23(9-7-22)27(25,26)17-4-2-16(3-5-17)21-18(24)13-10-14(19)12-15(20)11-13/h2-5,10-12H,6-9H2,1H3,(H,21,24). The molecule has 0 bridgehead atoms. The minimum atomic E-state index is -3.60. The third-order valence-electron chi connectivity index (χ3n) is 4.34. The number of hydrogen-bond acceptors (Lipinski definition) is 4. The van der Waals surface area contributed by atoms with Crippen molar-refractivity contribution in [2.75, 3.05) is 38.5 Å². The average Bonchev–Trinajstić information content (AvgIpc) is 2.61. The number of sulfonamides is 1. The van der Waals surface area contributed by atoms with Gasteiger partial charge in [0.15, 0.2) is 0 Å². The highest BCUT2D eigenvalue weighted by Gasteiger charge is 2.27. The summed E-state index contributed by atoms with van der Waals surface area (Å²) in [5.41, 5.74) is 0.156. The first kappa shape index (κ1) is 19.4. The van der Waals surface area contributed by atoms with E-state index in [2.05, 4.69) is 10.2 Å². The third-order valence-corrected chi connectivity index (χ3v) is 6.25. The van der Waals surface area contributed by atoms with E-state index in [0.29, 0.717) is 37.9 Å². The Morgan fingerprint density at radius 1 is 0.963 bits per heavy atom. The van der Waals surface area contributed by atoms with Crippen LogP contribution in [-0.2, 0) is 10.0 Å². The average molecular weight is 395 g/mol. The lowest BCUT2D eigenvalue weighted by atomic mass is 10.2. The van der Waals surface area contributed by atoms with Gasteiger partial charge in [0.1, 0.15) is 11.6 Å². The molecule has 1 aliphatic rings. The summed E-state index contributed by atoms with van der Waals surface area (Å²) in [6.07, 6.45) is 0. The van der Waals surface area contributed by atoms with Gasteiger partial charge in [0, 0.05) is 43.5 Å². The fourth-order valence-corrected chi connectivity index (χ4v) is 4.20. The van der Waals surface area contributed by atoms with Crippen molar-refractivity contribution in [2.24, 2.45) is 0 Å². The van der Waals surface area contributed by atoms with Gasteiger partial charge in [-0.15, -0.1) is 0 Å². The van der Waals surface area contributed by atoms with Crippen LogP contribution in [0.2, 0.25) is 0 Å². The second kappa shape index (κ2) is 7.71. The number of rotatable bonds is 4. The molecule has 0 spiro atoms. The molecule has 0 saturated carbocycles. The molecule has 0 aliphatic carbocycles. The number of likely N-dealkylation sites (N-methyl/N-ethyl adjacent to an activating group) is 1. The van der Waals surface area contributed by atoms with Gasteiger partial charge in [-0.3, -0.25) is 4.79 Å². The maximum atomic E-state index is 13.2. The van der Waals surface area contributed by atoms with Crippen LogP contribution in [0.4, 0.5) is 14.5 Å². The molecule has 1 heterocycles. The summed E-state index contributed by atoms with van der Waals surface area (Å²) in [6.45, 7) is 2.17. The Balaban J connectivity index is 1.72. The van der Waals surface area contributed by atoms with E-state index in [1.54, 1.807) is 0 Å². The van der Waals surface area contributed by atoms with Gasteiger partial charge in [-0.05, 0) is 43.4 Å². The van der Waals surface area contributed by atoms with E-state index in [-0.39, 0.29) is 10.5 Å². The summed E-state index contributed by atoms with van der Waals surface area (Å²) in [7, 11) is -1.66. The number of hydrogen-bond donors (Lipinski definition) is 1. The van der Waals surface area contributed by atoms with Crippen molar-refractivity contribution in [3.05, 3.63) is 59.7 Å². The Bertz CT molecular complexity index is 921. The molecule has 2 aromatic rings. The predicted octanol–water partition coefficient (Wildman–Crippen LogP) is 2.15. The van der Waals surface area contributed by atoms with Gasteiger partial charge in [-0.2, -0.15) is 4.31 Å². The van der Waals surface area contributed by atoms with E-state index in [0.717, 1.165) is 12.1 Å². The van der Waals surface area contributed by atoms with Crippen LogP contribution in [-0.4, -0.2) is 56.8 Å². The normalized spacial score (nSPS) is 16.3. The molecule has 1 N–H and O–H groups in total. The second-order valence-electron chi connectivity index (χ2n) is 6.34. The van der Waals surface area contributed by atoms with Crippen LogP contribution in [0.25, 0.3) is 0 Å². The number of carbonyl (C=O) groups excluding carboxylic acids is 1. The van der Waals surface area contributed by atoms with Crippen LogP contribution in [0.15, 0.2) is 47.4 Å². The Labute approximate surface area is 156 Å². The Morgan fingerprint density at radius 2 is 1.52 bits per heavy atom. The van der Waals surface area contributed by atoms with Crippen molar-refractivity contribution < 1.29 is 22.0 Å². The summed E-state index contributed by atoms with van der Waals surface area (Å²) in [6, 6.07) is 8.20. The lowest BCUT2D eigenvalue weighted by molar-refractivity contribution is 0.102. The molecule has 2 aromatic carbocycles. The van der Waals surface area contributed by atoms with Crippen LogP contribution < -0.4 is 5.32 Å². The van der Waals surface area contributed by atoms with Crippen LogP contribution >= 0.6 is 0 Å². The Hall–Kier alpha value is -2.36. The third kappa shape index (κ3) is 4.49. The van der Waals surface area contributed by atoms with Crippen LogP contribution in [0.3, 0.4) is 0 Å². The molecular weight excluding hydrogens is 376 g/mol. The molecule has 27 heavy (non-hydrogen) atoms. The molecule has 0 radical (unpaired) electrons. The molecular formula is C18H19F2N3O3S. The van der Waals surface area contributed by atoms with Crippen molar-refractivity contribution in [2.45, 2.75) is 4.90 Å². The van der Waals surface area contributed by atoms with Gasteiger partial charge < -0.3 is 10.2 Å². The lowest BCUT2D eigenvalue weighted by Crippen LogP contribution is -2.46. The van der Waals surface area contributed by atoms with E-state index >= 15 is 0 Å². The Morgan fingerprint density at radius 3 is 2.07 bits per heavy atom. The fourth-order valence-electron chi connectivity index (χ4n) is 2.78. The first-order chi connectivity index (χ1) is 12.8. The molecule has 1 amide bonds. The number of carbonyl (C=O) groups is 1. The zero-order valence-electron chi connectivity index (χ0n) is 14.7. The molecule has 144 valence electrons. The lowest BCUT2D eigenvalue weighted by Gasteiger charge is -2.31. The molecule has 6 nitrogen and oxygen atoms in total. The van der Waals surface area contributed by atoms with Gasteiger partial charge in [0.25, 0.3) is 5.91 Å². The van der Waals surface area contributed by atoms with E-state index in [1.807, 2.05) is 7.05 Å². The van der Waals surface area contributed by atoms with Crippen molar-refractivity contribution in [1.82, 2.24) is 9.21 Å². The number of anilines is 1. The van der Waals surface area contributed by atoms with Crippen LogP contribution in [0, 0.1) is 11.6 Å². The topological polar surface area (TPSA) is 69.7 Å². The van der Waals surface area contributed by atoms with Gasteiger partial charge in [-0.1, -0.05) is 0 Å². The number of nitrogens with one attached hydrogen (secondary N) is 1. The Kier molecular flexibility index (Phi) is 5.54. The van der Waals surface area contributed by atoms with Gasteiger partial charge in [0.05, 0.1) is 4.90 Å². The van der Waals surface area contributed by atoms with Crippen molar-refractivity contribution in [3.63, 3.8) is 0 Å². The van der Waals surface area contributed by atoms with E-state index in [4.69, 9.17) is 0 Å². The molecule has 1 saturated heterocycles. The van der Waals surface area contributed by atoms with Gasteiger partial charge in [-0.25, -0.2) is 17.2 Å². The number of nitrogens with zero attached hydrogens (tertiary/aromatic N) is 2. The maximum absolute atomic E-state index is 13.2. The second-order valence-corrected chi connectivity index (χ2v) is 8.28. The van der Waals surface area contributed by atoms with Crippen molar-refractivity contribution in [3.8, 4) is 0 Å². The van der Waals surface area contributed by atoms with Gasteiger partial charge >= 0.3 is 0 Å². The first-order valence-corrected chi connectivity index (χ1v) is 9.76. The zero-order valence-corrected chi connectivity index (χ0v) is 15.5. The summed E-state index contributed by atoms with van der Waals surface area (Å²) >= 11 is 0. The van der Waals surface area contributed by atoms with Gasteiger partial charge in [0.2, 0.25) is 10.0 Å². The quantitative estimate of drug-likeness (QED) is 0.861. The van der Waals surface area contributed by atoms with E-state index in [9.17, 15) is 22.0 Å². The highest BCUT2D eigenvalue weighted by atomic mass is 32.2. The van der Waals surface area contributed by atoms with E-state index in [1.165, 1.54) is 28.6 Å². The molecule has 1 aliphatic heterocycles. The highest BCUT2D eigenvalue weighted by Crippen LogP contribution is 2.20. The molecule has 3 rings (SSSR count). The number of amides is 1.